The fourth-order valence-corrected chi connectivity index (χ4v) is 3.75. The van der Waals surface area contributed by atoms with Gasteiger partial charge in [0, 0.05) is 43.9 Å². The quantitative estimate of drug-likeness (QED) is 0.260. The summed E-state index contributed by atoms with van der Waals surface area (Å²) in [6, 6.07) is 15.7. The molecule has 1 saturated heterocycles. The highest BCUT2D eigenvalue weighted by Gasteiger charge is 2.20. The fraction of sp³-hybridized carbons (Fsp3) is 0.458. The number of likely N-dealkylation sites (tertiary alicyclic amines) is 1. The summed E-state index contributed by atoms with van der Waals surface area (Å²) in [5.74, 6) is 1.21. The van der Waals surface area contributed by atoms with Gasteiger partial charge in [-0.1, -0.05) is 30.3 Å². The van der Waals surface area contributed by atoms with Gasteiger partial charge in [0.25, 0.3) is 0 Å². The minimum Gasteiger partial charge on any atom is -0.497 e. The summed E-state index contributed by atoms with van der Waals surface area (Å²) < 4.78 is 35.4. The molecule has 0 aromatic heterocycles. The van der Waals surface area contributed by atoms with Gasteiger partial charge in [0.2, 0.25) is 0 Å². The molecule has 0 spiro atoms. The zero-order chi connectivity index (χ0) is 22.8. The molecule has 33 heavy (non-hydrogen) atoms. The van der Waals surface area contributed by atoms with Crippen LogP contribution in [-0.4, -0.2) is 50.3 Å². The molecular weight excluding hydrogens is 541 g/mol. The SMILES string of the molecule is CCNC(=NCc1ccc(OC)cc1OC(F)F)NC1CCN(Cc2ccccc2)CC1.I. The molecule has 0 saturated carbocycles. The fourth-order valence-electron chi connectivity index (χ4n) is 3.75. The average molecular weight is 574 g/mol. The lowest BCUT2D eigenvalue weighted by Gasteiger charge is -2.33. The molecule has 0 unspecified atom stereocenters. The van der Waals surface area contributed by atoms with Gasteiger partial charge in [0.15, 0.2) is 5.96 Å². The monoisotopic (exact) mass is 574 g/mol. The van der Waals surface area contributed by atoms with Crippen molar-refractivity contribution in [2.24, 2.45) is 4.99 Å². The molecule has 3 rings (SSSR count). The molecule has 2 aromatic rings. The van der Waals surface area contributed by atoms with Crippen molar-refractivity contribution in [3.05, 3.63) is 59.7 Å². The van der Waals surface area contributed by atoms with E-state index in [1.807, 2.05) is 13.0 Å². The van der Waals surface area contributed by atoms with Crippen molar-refractivity contribution in [3.8, 4) is 11.5 Å². The number of guanidine groups is 1. The molecule has 1 heterocycles. The summed E-state index contributed by atoms with van der Waals surface area (Å²) in [6.07, 6.45) is 2.03. The Morgan fingerprint density at radius 3 is 2.52 bits per heavy atom. The maximum absolute atomic E-state index is 12.8. The predicted molar refractivity (Wildman–Crippen MR) is 138 cm³/mol. The Balaban J connectivity index is 0.00000385. The Labute approximate surface area is 211 Å². The third-order valence-electron chi connectivity index (χ3n) is 5.42. The molecule has 0 atom stereocenters. The van der Waals surface area contributed by atoms with E-state index >= 15 is 0 Å². The summed E-state index contributed by atoms with van der Waals surface area (Å²) in [7, 11) is 1.48. The van der Waals surface area contributed by atoms with Crippen molar-refractivity contribution in [3.63, 3.8) is 0 Å². The second kappa shape index (κ2) is 14.2. The molecule has 0 aliphatic carbocycles. The van der Waals surface area contributed by atoms with Crippen molar-refractivity contribution >= 4 is 29.9 Å². The second-order valence-corrected chi connectivity index (χ2v) is 7.73. The van der Waals surface area contributed by atoms with Crippen molar-refractivity contribution in [2.75, 3.05) is 26.7 Å². The Hall–Kier alpha value is -2.14. The minimum absolute atomic E-state index is 0. The van der Waals surface area contributed by atoms with Gasteiger partial charge in [-0.25, -0.2) is 4.99 Å². The topological polar surface area (TPSA) is 58.1 Å². The van der Waals surface area contributed by atoms with Crippen LogP contribution in [0, 0.1) is 0 Å². The molecule has 0 bridgehead atoms. The Morgan fingerprint density at radius 1 is 1.15 bits per heavy atom. The molecule has 6 nitrogen and oxygen atoms in total. The second-order valence-electron chi connectivity index (χ2n) is 7.73. The number of hydrogen-bond donors (Lipinski definition) is 2. The van der Waals surface area contributed by atoms with Gasteiger partial charge >= 0.3 is 6.61 Å². The zero-order valence-corrected chi connectivity index (χ0v) is 21.4. The van der Waals surface area contributed by atoms with Crippen molar-refractivity contribution < 1.29 is 18.3 Å². The number of rotatable bonds is 9. The molecule has 1 aliphatic heterocycles. The number of aliphatic imine (C=N–C) groups is 1. The van der Waals surface area contributed by atoms with E-state index in [1.165, 1.54) is 18.7 Å². The summed E-state index contributed by atoms with van der Waals surface area (Å²) in [5, 5.41) is 6.74. The lowest BCUT2D eigenvalue weighted by molar-refractivity contribution is -0.0505. The van der Waals surface area contributed by atoms with Crippen LogP contribution in [0.5, 0.6) is 11.5 Å². The highest BCUT2D eigenvalue weighted by molar-refractivity contribution is 14.0. The van der Waals surface area contributed by atoms with E-state index < -0.39 is 6.61 Å². The van der Waals surface area contributed by atoms with Crippen LogP contribution in [0.4, 0.5) is 8.78 Å². The largest absolute Gasteiger partial charge is 0.497 e. The first-order chi connectivity index (χ1) is 15.6. The number of nitrogens with one attached hydrogen (secondary N) is 2. The molecule has 9 heteroatoms. The van der Waals surface area contributed by atoms with Crippen LogP contribution in [0.3, 0.4) is 0 Å². The number of ether oxygens (including phenoxy) is 2. The highest BCUT2D eigenvalue weighted by Crippen LogP contribution is 2.27. The zero-order valence-electron chi connectivity index (χ0n) is 19.1. The Bertz CT molecular complexity index is 863. The van der Waals surface area contributed by atoms with Crippen LogP contribution in [-0.2, 0) is 13.1 Å². The van der Waals surface area contributed by atoms with Crippen LogP contribution < -0.4 is 20.1 Å². The number of piperidine rings is 1. The lowest BCUT2D eigenvalue weighted by Crippen LogP contribution is -2.48. The Kier molecular flexibility index (Phi) is 11.7. The molecule has 1 aliphatic rings. The number of benzene rings is 2. The first kappa shape index (κ1) is 27.1. The number of nitrogens with zero attached hydrogens (tertiary/aromatic N) is 2. The average Bonchev–Trinajstić information content (AvgIpc) is 2.79. The van der Waals surface area contributed by atoms with Gasteiger partial charge in [-0.15, -0.1) is 24.0 Å². The van der Waals surface area contributed by atoms with Crippen LogP contribution >= 0.6 is 24.0 Å². The van der Waals surface area contributed by atoms with Gasteiger partial charge in [-0.05, 0) is 37.5 Å². The van der Waals surface area contributed by atoms with Gasteiger partial charge in [0.1, 0.15) is 11.5 Å². The van der Waals surface area contributed by atoms with Crippen LogP contribution in [0.2, 0.25) is 0 Å². The van der Waals surface area contributed by atoms with E-state index in [4.69, 9.17) is 4.74 Å². The lowest BCUT2D eigenvalue weighted by atomic mass is 10.0. The molecule has 2 aromatic carbocycles. The first-order valence-electron chi connectivity index (χ1n) is 11.0. The molecule has 182 valence electrons. The van der Waals surface area contributed by atoms with Crippen molar-refractivity contribution in [2.45, 2.75) is 45.5 Å². The van der Waals surface area contributed by atoms with E-state index in [2.05, 4.69) is 49.5 Å². The molecule has 2 N–H and O–H groups in total. The van der Waals surface area contributed by atoms with Crippen LogP contribution in [0.15, 0.2) is 53.5 Å². The van der Waals surface area contributed by atoms with Crippen molar-refractivity contribution in [1.29, 1.82) is 0 Å². The smallest absolute Gasteiger partial charge is 0.387 e. The van der Waals surface area contributed by atoms with Gasteiger partial charge in [-0.2, -0.15) is 8.78 Å². The van der Waals surface area contributed by atoms with Crippen LogP contribution in [0.25, 0.3) is 0 Å². The van der Waals surface area contributed by atoms with E-state index in [-0.39, 0.29) is 36.3 Å². The highest BCUT2D eigenvalue weighted by atomic mass is 127. The summed E-state index contributed by atoms with van der Waals surface area (Å²) in [6.45, 7) is 3.01. The van der Waals surface area contributed by atoms with Gasteiger partial charge in [0.05, 0.1) is 13.7 Å². The molecule has 0 radical (unpaired) electrons. The molecular formula is C24H33F2IN4O2. The summed E-state index contributed by atoms with van der Waals surface area (Å²) >= 11 is 0. The van der Waals surface area contributed by atoms with Crippen LogP contribution in [0.1, 0.15) is 30.9 Å². The summed E-state index contributed by atoms with van der Waals surface area (Å²) in [5.41, 5.74) is 1.90. The summed E-state index contributed by atoms with van der Waals surface area (Å²) in [4.78, 5) is 7.06. The number of hydrogen-bond acceptors (Lipinski definition) is 4. The van der Waals surface area contributed by atoms with Crippen molar-refractivity contribution in [1.82, 2.24) is 15.5 Å². The maximum atomic E-state index is 12.8. The maximum Gasteiger partial charge on any atom is 0.387 e. The molecule has 1 fully saturated rings. The standard InChI is InChI=1S/C24H32F2N4O2.HI/c1-3-27-24(28-16-19-9-10-21(31-2)15-22(19)32-23(25)26)29-20-11-13-30(14-12-20)17-18-7-5-4-6-8-18;/h4-10,15,20,23H,3,11-14,16-17H2,1-2H3,(H2,27,28,29);1H. The first-order valence-corrected chi connectivity index (χ1v) is 11.0. The van der Waals surface area contributed by atoms with E-state index in [1.54, 1.807) is 12.1 Å². The minimum atomic E-state index is -2.91. The number of methoxy groups -OCH3 is 1. The Morgan fingerprint density at radius 2 is 1.88 bits per heavy atom. The predicted octanol–water partition coefficient (Wildman–Crippen LogP) is 4.63. The number of halogens is 3. The normalized spacial score (nSPS) is 15.1. The van der Waals surface area contributed by atoms with E-state index in [0.29, 0.717) is 29.9 Å². The number of alkyl halides is 2. The van der Waals surface area contributed by atoms with E-state index in [0.717, 1.165) is 32.5 Å². The van der Waals surface area contributed by atoms with E-state index in [9.17, 15) is 8.78 Å². The third-order valence-corrected chi connectivity index (χ3v) is 5.42. The molecule has 0 amide bonds. The van der Waals surface area contributed by atoms with Gasteiger partial charge in [-0.3, -0.25) is 4.90 Å². The van der Waals surface area contributed by atoms with Gasteiger partial charge < -0.3 is 20.1 Å². The third kappa shape index (κ3) is 8.96.